The molecule has 0 aliphatic carbocycles. The Morgan fingerprint density at radius 2 is 2.70 bits per heavy atom. The summed E-state index contributed by atoms with van der Waals surface area (Å²) in [5.74, 6) is 1.33. The maximum Gasteiger partial charge on any atom is 0.114 e. The van der Waals surface area contributed by atoms with Crippen LogP contribution in [0.2, 0.25) is 0 Å². The maximum atomic E-state index is 8.88. The molecule has 3 nitrogen and oxygen atoms in total. The third-order valence-electron chi connectivity index (χ3n) is 2.05. The number of hydrogen-bond donors (Lipinski definition) is 1. The Labute approximate surface area is 59.3 Å². The zero-order valence-electron chi connectivity index (χ0n) is 5.70. The SMILES string of the molecule is OC[C@@H]1CCn2ccnc21. The highest BCUT2D eigenvalue weighted by atomic mass is 16.3. The van der Waals surface area contributed by atoms with Crippen molar-refractivity contribution in [3.63, 3.8) is 0 Å². The summed E-state index contributed by atoms with van der Waals surface area (Å²) < 4.78 is 2.10. The Morgan fingerprint density at radius 3 is 3.50 bits per heavy atom. The Morgan fingerprint density at radius 1 is 1.80 bits per heavy atom. The van der Waals surface area contributed by atoms with Gasteiger partial charge in [-0.2, -0.15) is 0 Å². The van der Waals surface area contributed by atoms with E-state index in [1.165, 1.54) is 0 Å². The lowest BCUT2D eigenvalue weighted by molar-refractivity contribution is 0.263. The summed E-state index contributed by atoms with van der Waals surface area (Å²) in [6.07, 6.45) is 4.79. The number of imidazole rings is 1. The molecule has 0 aromatic carbocycles. The molecule has 54 valence electrons. The van der Waals surface area contributed by atoms with E-state index >= 15 is 0 Å². The fourth-order valence-electron chi connectivity index (χ4n) is 1.47. The average Bonchev–Trinajstić information content (AvgIpc) is 2.44. The standard InChI is InChI=1S/C7H10N2O/c10-5-6-1-3-9-4-2-8-7(6)9/h2,4,6,10H,1,3,5H2/t6-/m0/s1. The van der Waals surface area contributed by atoms with E-state index in [0.29, 0.717) is 0 Å². The molecule has 0 amide bonds. The van der Waals surface area contributed by atoms with Gasteiger partial charge in [0.25, 0.3) is 0 Å². The van der Waals surface area contributed by atoms with Gasteiger partial charge in [-0.3, -0.25) is 0 Å². The lowest BCUT2D eigenvalue weighted by Gasteiger charge is -2.00. The van der Waals surface area contributed by atoms with E-state index in [4.69, 9.17) is 5.11 Å². The van der Waals surface area contributed by atoms with E-state index in [0.717, 1.165) is 18.8 Å². The second-order valence-electron chi connectivity index (χ2n) is 2.65. The van der Waals surface area contributed by atoms with Crippen LogP contribution in [0.5, 0.6) is 0 Å². The van der Waals surface area contributed by atoms with E-state index < -0.39 is 0 Å². The predicted molar refractivity (Wildman–Crippen MR) is 36.7 cm³/mol. The lowest BCUT2D eigenvalue weighted by Crippen LogP contribution is -2.00. The van der Waals surface area contributed by atoms with Crippen molar-refractivity contribution in [3.05, 3.63) is 18.2 Å². The predicted octanol–water partition coefficient (Wildman–Crippen LogP) is 0.363. The van der Waals surface area contributed by atoms with Gasteiger partial charge in [0.1, 0.15) is 5.82 Å². The molecule has 3 heteroatoms. The van der Waals surface area contributed by atoms with Gasteiger partial charge in [-0.15, -0.1) is 0 Å². The van der Waals surface area contributed by atoms with E-state index in [1.54, 1.807) is 6.20 Å². The van der Waals surface area contributed by atoms with E-state index in [9.17, 15) is 0 Å². The molecule has 2 heterocycles. The summed E-state index contributed by atoms with van der Waals surface area (Å²) >= 11 is 0. The second-order valence-corrected chi connectivity index (χ2v) is 2.65. The highest BCUT2D eigenvalue weighted by Gasteiger charge is 2.21. The van der Waals surface area contributed by atoms with Crippen molar-refractivity contribution in [3.8, 4) is 0 Å². The van der Waals surface area contributed by atoms with Gasteiger partial charge in [0, 0.05) is 24.9 Å². The van der Waals surface area contributed by atoms with Crippen molar-refractivity contribution >= 4 is 0 Å². The Balaban J connectivity index is 2.34. The highest BCUT2D eigenvalue weighted by molar-refractivity contribution is 5.05. The number of aryl methyl sites for hydroxylation is 1. The first-order valence-corrected chi connectivity index (χ1v) is 3.53. The van der Waals surface area contributed by atoms with Crippen LogP contribution in [0.1, 0.15) is 18.2 Å². The number of rotatable bonds is 1. The topological polar surface area (TPSA) is 38.0 Å². The first-order valence-electron chi connectivity index (χ1n) is 3.53. The van der Waals surface area contributed by atoms with Crippen molar-refractivity contribution in [1.82, 2.24) is 9.55 Å². The number of aromatic nitrogens is 2. The molecule has 1 atom stereocenters. The van der Waals surface area contributed by atoms with Crippen LogP contribution < -0.4 is 0 Å². The zero-order chi connectivity index (χ0) is 6.97. The number of fused-ring (bicyclic) bond motifs is 1. The van der Waals surface area contributed by atoms with E-state index in [-0.39, 0.29) is 12.5 Å². The van der Waals surface area contributed by atoms with Crippen molar-refractivity contribution in [2.75, 3.05) is 6.61 Å². The van der Waals surface area contributed by atoms with Gasteiger partial charge >= 0.3 is 0 Å². The third-order valence-corrected chi connectivity index (χ3v) is 2.05. The minimum Gasteiger partial charge on any atom is -0.396 e. The van der Waals surface area contributed by atoms with Crippen molar-refractivity contribution in [2.24, 2.45) is 0 Å². The van der Waals surface area contributed by atoms with E-state index in [1.807, 2.05) is 6.20 Å². The minimum absolute atomic E-state index is 0.233. The first-order chi connectivity index (χ1) is 4.92. The molecule has 1 aromatic heterocycles. The van der Waals surface area contributed by atoms with Crippen LogP contribution in [-0.2, 0) is 6.54 Å². The first kappa shape index (κ1) is 5.92. The van der Waals surface area contributed by atoms with Crippen LogP contribution in [0.4, 0.5) is 0 Å². The van der Waals surface area contributed by atoms with Crippen LogP contribution in [0.3, 0.4) is 0 Å². The largest absolute Gasteiger partial charge is 0.396 e. The van der Waals surface area contributed by atoms with Crippen LogP contribution in [0, 0.1) is 0 Å². The van der Waals surface area contributed by atoms with E-state index in [2.05, 4.69) is 9.55 Å². The molecule has 1 N–H and O–H groups in total. The molecule has 0 saturated carbocycles. The molecule has 1 aliphatic rings. The van der Waals surface area contributed by atoms with Gasteiger partial charge < -0.3 is 9.67 Å². The Hall–Kier alpha value is -0.830. The lowest BCUT2D eigenvalue weighted by atomic mass is 10.1. The quantitative estimate of drug-likeness (QED) is 0.608. The van der Waals surface area contributed by atoms with Gasteiger partial charge in [-0.05, 0) is 6.42 Å². The smallest absolute Gasteiger partial charge is 0.114 e. The summed E-state index contributed by atoms with van der Waals surface area (Å²) in [4.78, 5) is 4.15. The average molecular weight is 138 g/mol. The molecule has 0 unspecified atom stereocenters. The number of aliphatic hydroxyl groups is 1. The molecular weight excluding hydrogens is 128 g/mol. The van der Waals surface area contributed by atoms with Crippen LogP contribution in [-0.4, -0.2) is 21.3 Å². The van der Waals surface area contributed by atoms with Gasteiger partial charge in [0.2, 0.25) is 0 Å². The van der Waals surface area contributed by atoms with Gasteiger partial charge in [-0.25, -0.2) is 4.98 Å². The fraction of sp³-hybridized carbons (Fsp3) is 0.571. The van der Waals surface area contributed by atoms with Crippen LogP contribution >= 0.6 is 0 Å². The molecule has 0 bridgehead atoms. The molecule has 0 radical (unpaired) electrons. The monoisotopic (exact) mass is 138 g/mol. The summed E-state index contributed by atoms with van der Waals surface area (Å²) in [5, 5.41) is 8.88. The summed E-state index contributed by atoms with van der Waals surface area (Å²) in [6, 6.07) is 0. The van der Waals surface area contributed by atoms with Crippen molar-refractivity contribution < 1.29 is 5.11 Å². The molecule has 10 heavy (non-hydrogen) atoms. The Kier molecular flexibility index (Phi) is 1.24. The van der Waals surface area contributed by atoms with Gasteiger partial charge in [0.15, 0.2) is 0 Å². The van der Waals surface area contributed by atoms with Gasteiger partial charge in [-0.1, -0.05) is 0 Å². The highest BCUT2D eigenvalue weighted by Crippen LogP contribution is 2.24. The number of aliphatic hydroxyl groups excluding tert-OH is 1. The van der Waals surface area contributed by atoms with Crippen LogP contribution in [0.15, 0.2) is 12.4 Å². The molecule has 1 aromatic rings. The van der Waals surface area contributed by atoms with Crippen LogP contribution in [0.25, 0.3) is 0 Å². The molecule has 2 rings (SSSR count). The summed E-state index contributed by atoms with van der Waals surface area (Å²) in [6.45, 7) is 1.25. The molecule has 1 aliphatic heterocycles. The second kappa shape index (κ2) is 2.09. The van der Waals surface area contributed by atoms with Crippen molar-refractivity contribution in [2.45, 2.75) is 18.9 Å². The summed E-state index contributed by atoms with van der Waals surface area (Å²) in [7, 11) is 0. The molecular formula is C7H10N2O. The molecule has 0 saturated heterocycles. The number of nitrogens with zero attached hydrogens (tertiary/aromatic N) is 2. The molecule has 0 fully saturated rings. The fourth-order valence-corrected chi connectivity index (χ4v) is 1.47. The van der Waals surface area contributed by atoms with Gasteiger partial charge in [0.05, 0.1) is 6.61 Å². The maximum absolute atomic E-state index is 8.88. The van der Waals surface area contributed by atoms with Crippen molar-refractivity contribution in [1.29, 1.82) is 0 Å². The number of hydrogen-bond acceptors (Lipinski definition) is 2. The third kappa shape index (κ3) is 0.671. The Bertz CT molecular complexity index is 231. The molecule has 0 spiro atoms. The normalized spacial score (nSPS) is 23.1. The summed E-state index contributed by atoms with van der Waals surface area (Å²) in [5.41, 5.74) is 0. The minimum atomic E-state index is 0.233. The zero-order valence-corrected chi connectivity index (χ0v) is 5.70.